The second kappa shape index (κ2) is 6.51. The molecule has 6 heteroatoms. The third-order valence-electron chi connectivity index (χ3n) is 2.52. The maximum Gasteiger partial charge on any atom is 0.406 e. The quantitative estimate of drug-likeness (QED) is 0.460. The molecule has 0 aliphatic heterocycles. The van der Waals surface area contributed by atoms with E-state index in [-0.39, 0.29) is 18.2 Å². The smallest absolute Gasteiger partial charge is 0.406 e. The summed E-state index contributed by atoms with van der Waals surface area (Å²) >= 11 is 0. The van der Waals surface area contributed by atoms with Crippen LogP contribution in [0.4, 0.5) is 5.82 Å². The van der Waals surface area contributed by atoms with Crippen molar-refractivity contribution in [2.75, 3.05) is 13.2 Å². The Balaban J connectivity index is 1.86. The van der Waals surface area contributed by atoms with Crippen LogP contribution in [0, 0.1) is 17.0 Å². The van der Waals surface area contributed by atoms with Crippen molar-refractivity contribution < 1.29 is 14.4 Å². The lowest BCUT2D eigenvalue weighted by Crippen LogP contribution is -2.10. The number of nitrogens with zero attached hydrogens (tertiary/aromatic N) is 2. The van der Waals surface area contributed by atoms with Crippen molar-refractivity contribution in [3.63, 3.8) is 0 Å². The molecule has 1 heterocycles. The lowest BCUT2D eigenvalue weighted by atomic mass is 10.2. The molecule has 0 saturated carbocycles. The zero-order valence-electron chi connectivity index (χ0n) is 11.0. The number of rotatable bonds is 6. The van der Waals surface area contributed by atoms with Crippen LogP contribution in [0.25, 0.3) is 0 Å². The highest BCUT2D eigenvalue weighted by atomic mass is 16.6. The second-order valence-corrected chi connectivity index (χ2v) is 4.10. The Bertz CT molecular complexity index is 601. The van der Waals surface area contributed by atoms with Crippen molar-refractivity contribution in [3.8, 4) is 11.5 Å². The zero-order chi connectivity index (χ0) is 14.4. The molecule has 1 aromatic carbocycles. The summed E-state index contributed by atoms with van der Waals surface area (Å²) in [5.74, 6) is 0.600. The molecule has 0 aliphatic carbocycles. The molecule has 0 amide bonds. The largest absolute Gasteiger partial charge is 0.490 e. The van der Waals surface area contributed by atoms with E-state index in [2.05, 4.69) is 4.98 Å². The van der Waals surface area contributed by atoms with Crippen molar-refractivity contribution in [2.24, 2.45) is 0 Å². The van der Waals surface area contributed by atoms with Gasteiger partial charge in [0.2, 0.25) is 5.75 Å². The van der Waals surface area contributed by atoms with Gasteiger partial charge in [0.15, 0.2) is 0 Å². The molecule has 0 fully saturated rings. The normalized spacial score (nSPS) is 10.1. The van der Waals surface area contributed by atoms with Crippen molar-refractivity contribution in [2.45, 2.75) is 6.92 Å². The maximum absolute atomic E-state index is 10.7. The molecule has 0 unspecified atom stereocenters. The van der Waals surface area contributed by atoms with Gasteiger partial charge in [0.05, 0.1) is 0 Å². The van der Waals surface area contributed by atoms with Crippen LogP contribution in [0.2, 0.25) is 0 Å². The van der Waals surface area contributed by atoms with E-state index in [1.165, 1.54) is 12.3 Å². The van der Waals surface area contributed by atoms with Crippen LogP contribution in [0.3, 0.4) is 0 Å². The summed E-state index contributed by atoms with van der Waals surface area (Å²) in [6.07, 6.45) is 1.36. The molecule has 0 spiro atoms. The van der Waals surface area contributed by atoms with Gasteiger partial charge in [0, 0.05) is 0 Å². The molecule has 20 heavy (non-hydrogen) atoms. The maximum atomic E-state index is 10.7. The lowest BCUT2D eigenvalue weighted by Gasteiger charge is -2.08. The SMILES string of the molecule is Cc1cccc(OCCOc2cccnc2[N+](=O)[O-])c1. The predicted molar refractivity (Wildman–Crippen MR) is 73.1 cm³/mol. The van der Waals surface area contributed by atoms with Crippen LogP contribution in [-0.2, 0) is 0 Å². The third kappa shape index (κ3) is 3.68. The van der Waals surface area contributed by atoms with Gasteiger partial charge < -0.3 is 19.6 Å². The summed E-state index contributed by atoms with van der Waals surface area (Å²) in [6, 6.07) is 10.7. The van der Waals surface area contributed by atoms with Crippen molar-refractivity contribution in [1.82, 2.24) is 4.98 Å². The number of benzene rings is 1. The summed E-state index contributed by atoms with van der Waals surface area (Å²) < 4.78 is 10.8. The van der Waals surface area contributed by atoms with Crippen molar-refractivity contribution in [3.05, 3.63) is 58.3 Å². The average Bonchev–Trinajstić information content (AvgIpc) is 2.44. The van der Waals surface area contributed by atoms with E-state index < -0.39 is 4.92 Å². The molecule has 0 atom stereocenters. The fourth-order valence-electron chi connectivity index (χ4n) is 1.65. The van der Waals surface area contributed by atoms with Crippen molar-refractivity contribution >= 4 is 5.82 Å². The molecule has 104 valence electrons. The Hall–Kier alpha value is -2.63. The summed E-state index contributed by atoms with van der Waals surface area (Å²) in [4.78, 5) is 13.8. The van der Waals surface area contributed by atoms with Gasteiger partial charge in [-0.3, -0.25) is 0 Å². The molecule has 2 rings (SSSR count). The molecule has 1 aromatic heterocycles. The Kier molecular flexibility index (Phi) is 4.49. The minimum absolute atomic E-state index is 0.144. The van der Waals surface area contributed by atoms with Crippen molar-refractivity contribution in [1.29, 1.82) is 0 Å². The van der Waals surface area contributed by atoms with Gasteiger partial charge in [0.25, 0.3) is 0 Å². The molecule has 0 aliphatic rings. The van der Waals surface area contributed by atoms with E-state index >= 15 is 0 Å². The number of nitro groups is 1. The molecule has 6 nitrogen and oxygen atoms in total. The first kappa shape index (κ1) is 13.8. The van der Waals surface area contributed by atoms with Gasteiger partial charge in [-0.1, -0.05) is 12.1 Å². The highest BCUT2D eigenvalue weighted by molar-refractivity contribution is 5.38. The van der Waals surface area contributed by atoms with E-state index in [1.54, 1.807) is 6.07 Å². The van der Waals surface area contributed by atoms with Crippen LogP contribution < -0.4 is 9.47 Å². The van der Waals surface area contributed by atoms with Gasteiger partial charge in [0.1, 0.15) is 25.2 Å². The predicted octanol–water partition coefficient (Wildman–Crippen LogP) is 2.76. The summed E-state index contributed by atoms with van der Waals surface area (Å²) in [7, 11) is 0. The van der Waals surface area contributed by atoms with E-state index in [0.29, 0.717) is 6.61 Å². The third-order valence-corrected chi connectivity index (χ3v) is 2.52. The van der Waals surface area contributed by atoms with Gasteiger partial charge >= 0.3 is 5.82 Å². The number of aromatic nitrogens is 1. The number of ether oxygens (including phenoxy) is 2. The fraction of sp³-hybridized carbons (Fsp3) is 0.214. The number of hydrogen-bond donors (Lipinski definition) is 0. The van der Waals surface area contributed by atoms with Gasteiger partial charge in [-0.2, -0.15) is 0 Å². The standard InChI is InChI=1S/C14H14N2O4/c1-11-4-2-5-12(10-11)19-8-9-20-13-6-3-7-15-14(13)16(17)18/h2-7,10H,8-9H2,1H3. The lowest BCUT2D eigenvalue weighted by molar-refractivity contribution is -0.390. The molecular formula is C14H14N2O4. The first-order chi connectivity index (χ1) is 9.66. The minimum Gasteiger partial charge on any atom is -0.490 e. The molecule has 0 saturated heterocycles. The summed E-state index contributed by atoms with van der Waals surface area (Å²) in [6.45, 7) is 2.48. The van der Waals surface area contributed by atoms with Crippen LogP contribution in [-0.4, -0.2) is 23.1 Å². The van der Waals surface area contributed by atoms with E-state index in [9.17, 15) is 10.1 Å². The molecular weight excluding hydrogens is 260 g/mol. The van der Waals surface area contributed by atoms with Gasteiger partial charge in [-0.15, -0.1) is 0 Å². The monoisotopic (exact) mass is 274 g/mol. The summed E-state index contributed by atoms with van der Waals surface area (Å²) in [5.41, 5.74) is 1.10. The Morgan fingerprint density at radius 1 is 1.20 bits per heavy atom. The second-order valence-electron chi connectivity index (χ2n) is 4.10. The van der Waals surface area contributed by atoms with E-state index in [4.69, 9.17) is 9.47 Å². The van der Waals surface area contributed by atoms with Gasteiger partial charge in [-0.05, 0) is 46.7 Å². The minimum atomic E-state index is -0.573. The van der Waals surface area contributed by atoms with E-state index in [1.807, 2.05) is 31.2 Å². The topological polar surface area (TPSA) is 74.5 Å². The Morgan fingerprint density at radius 2 is 2.00 bits per heavy atom. The molecule has 0 radical (unpaired) electrons. The molecule has 0 bridgehead atoms. The van der Waals surface area contributed by atoms with Crippen LogP contribution in [0.15, 0.2) is 42.6 Å². The number of hydrogen-bond acceptors (Lipinski definition) is 5. The summed E-state index contributed by atoms with van der Waals surface area (Å²) in [5, 5.41) is 10.7. The average molecular weight is 274 g/mol. The molecule has 2 aromatic rings. The van der Waals surface area contributed by atoms with E-state index in [0.717, 1.165) is 11.3 Å². The first-order valence-corrected chi connectivity index (χ1v) is 6.08. The molecule has 0 N–H and O–H groups in total. The van der Waals surface area contributed by atoms with Crippen LogP contribution >= 0.6 is 0 Å². The van der Waals surface area contributed by atoms with Crippen LogP contribution in [0.5, 0.6) is 11.5 Å². The fourth-order valence-corrected chi connectivity index (χ4v) is 1.65. The Labute approximate surface area is 116 Å². The highest BCUT2D eigenvalue weighted by Gasteiger charge is 2.15. The number of pyridine rings is 1. The zero-order valence-corrected chi connectivity index (χ0v) is 11.0. The highest BCUT2D eigenvalue weighted by Crippen LogP contribution is 2.22. The Morgan fingerprint density at radius 3 is 2.75 bits per heavy atom. The number of aryl methyl sites for hydroxylation is 1. The van der Waals surface area contributed by atoms with Crippen LogP contribution in [0.1, 0.15) is 5.56 Å². The van der Waals surface area contributed by atoms with Gasteiger partial charge in [-0.25, -0.2) is 0 Å². The first-order valence-electron chi connectivity index (χ1n) is 6.08.